The van der Waals surface area contributed by atoms with E-state index in [4.69, 9.17) is 4.42 Å². The first-order chi connectivity index (χ1) is 11.6. The number of nitrogens with zero attached hydrogens (tertiary/aromatic N) is 4. The molecule has 0 saturated heterocycles. The van der Waals surface area contributed by atoms with Crippen molar-refractivity contribution in [3.05, 3.63) is 38.3 Å². The lowest BCUT2D eigenvalue weighted by molar-refractivity contribution is 0.466. The van der Waals surface area contributed by atoms with Crippen molar-refractivity contribution < 1.29 is 4.42 Å². The van der Waals surface area contributed by atoms with E-state index in [0.717, 1.165) is 15.6 Å². The van der Waals surface area contributed by atoms with Crippen molar-refractivity contribution in [2.75, 3.05) is 0 Å². The number of nitrogens with one attached hydrogen (secondary N) is 1. The van der Waals surface area contributed by atoms with E-state index in [0.29, 0.717) is 32.9 Å². The molecule has 4 heterocycles. The standard InChI is InChI=1S/C14H11N5O2S3/c1-6-10(24-7(2)15-6)13-18-19-14(21-13)23-5-9-16-8-3-4-22-11(8)12(20)17-9/h3-4H,5H2,1-2H3,(H,16,17,20). The highest BCUT2D eigenvalue weighted by Crippen LogP contribution is 2.31. The van der Waals surface area contributed by atoms with E-state index in [1.54, 1.807) is 0 Å². The molecule has 4 aromatic heterocycles. The highest BCUT2D eigenvalue weighted by Gasteiger charge is 2.15. The van der Waals surface area contributed by atoms with Gasteiger partial charge in [0.1, 0.15) is 15.4 Å². The van der Waals surface area contributed by atoms with E-state index >= 15 is 0 Å². The largest absolute Gasteiger partial charge is 0.410 e. The summed E-state index contributed by atoms with van der Waals surface area (Å²) >= 11 is 4.24. The molecule has 0 bridgehead atoms. The number of aryl methyl sites for hydroxylation is 2. The molecule has 0 aliphatic carbocycles. The Hall–Kier alpha value is -2.04. The minimum absolute atomic E-state index is 0.118. The Labute approximate surface area is 148 Å². The van der Waals surface area contributed by atoms with Crippen LogP contribution in [0.25, 0.3) is 21.0 Å². The van der Waals surface area contributed by atoms with Gasteiger partial charge >= 0.3 is 0 Å². The van der Waals surface area contributed by atoms with Crippen molar-refractivity contribution in [2.45, 2.75) is 24.8 Å². The number of hydrogen-bond donors (Lipinski definition) is 1. The average molecular weight is 377 g/mol. The smallest absolute Gasteiger partial charge is 0.277 e. The van der Waals surface area contributed by atoms with Crippen LogP contribution < -0.4 is 5.56 Å². The second-order valence-corrected chi connectivity index (χ2v) is 8.00. The van der Waals surface area contributed by atoms with Crippen molar-refractivity contribution in [1.82, 2.24) is 25.1 Å². The van der Waals surface area contributed by atoms with Crippen LogP contribution in [-0.4, -0.2) is 25.1 Å². The Bertz CT molecular complexity index is 1080. The highest BCUT2D eigenvalue weighted by molar-refractivity contribution is 7.98. The number of thioether (sulfide) groups is 1. The first kappa shape index (κ1) is 15.5. The summed E-state index contributed by atoms with van der Waals surface area (Å²) in [6.07, 6.45) is 0. The van der Waals surface area contributed by atoms with E-state index < -0.39 is 0 Å². The Morgan fingerprint density at radius 1 is 1.29 bits per heavy atom. The zero-order chi connectivity index (χ0) is 16.7. The van der Waals surface area contributed by atoms with Crippen molar-refractivity contribution in [3.63, 3.8) is 0 Å². The van der Waals surface area contributed by atoms with Crippen LogP contribution in [0.1, 0.15) is 16.5 Å². The minimum atomic E-state index is -0.118. The van der Waals surface area contributed by atoms with Crippen LogP contribution in [0, 0.1) is 13.8 Å². The molecule has 10 heteroatoms. The molecule has 0 aliphatic rings. The van der Waals surface area contributed by atoms with Gasteiger partial charge in [-0.1, -0.05) is 11.8 Å². The van der Waals surface area contributed by atoms with E-state index in [9.17, 15) is 4.79 Å². The van der Waals surface area contributed by atoms with E-state index in [1.165, 1.54) is 34.4 Å². The molecule has 0 amide bonds. The fourth-order valence-corrected chi connectivity index (χ4v) is 4.41. The summed E-state index contributed by atoms with van der Waals surface area (Å²) in [6, 6.07) is 1.84. The molecule has 1 N–H and O–H groups in total. The number of aromatic nitrogens is 5. The van der Waals surface area contributed by atoms with E-state index in [2.05, 4.69) is 25.1 Å². The van der Waals surface area contributed by atoms with Gasteiger partial charge in [0.15, 0.2) is 0 Å². The monoisotopic (exact) mass is 377 g/mol. The maximum absolute atomic E-state index is 11.9. The first-order valence-corrected chi connectivity index (χ1v) is 9.65. The van der Waals surface area contributed by atoms with Crippen molar-refractivity contribution >= 4 is 44.7 Å². The van der Waals surface area contributed by atoms with E-state index in [-0.39, 0.29) is 5.56 Å². The molecule has 7 nitrogen and oxygen atoms in total. The third-order valence-electron chi connectivity index (χ3n) is 3.20. The number of hydrogen-bond acceptors (Lipinski definition) is 9. The molecule has 0 atom stereocenters. The lowest BCUT2D eigenvalue weighted by Gasteiger charge is -1.98. The molecule has 122 valence electrons. The maximum atomic E-state index is 11.9. The molecule has 4 aromatic rings. The molecule has 0 radical (unpaired) electrons. The number of thiophene rings is 1. The zero-order valence-corrected chi connectivity index (χ0v) is 15.1. The fourth-order valence-electron chi connectivity index (χ4n) is 2.21. The van der Waals surface area contributed by atoms with Gasteiger partial charge in [0.25, 0.3) is 16.7 Å². The second kappa shape index (κ2) is 6.11. The summed E-state index contributed by atoms with van der Waals surface area (Å²) < 4.78 is 6.32. The molecule has 0 fully saturated rings. The van der Waals surface area contributed by atoms with Crippen molar-refractivity contribution in [3.8, 4) is 10.8 Å². The van der Waals surface area contributed by atoms with Crippen LogP contribution in [0.2, 0.25) is 0 Å². The van der Waals surface area contributed by atoms with Gasteiger partial charge in [-0.25, -0.2) is 9.97 Å². The van der Waals surface area contributed by atoms with Crippen LogP contribution in [-0.2, 0) is 5.75 Å². The van der Waals surface area contributed by atoms with Gasteiger partial charge in [0.05, 0.1) is 22.0 Å². The summed E-state index contributed by atoms with van der Waals surface area (Å²) in [5, 5.41) is 11.4. The summed E-state index contributed by atoms with van der Waals surface area (Å²) in [7, 11) is 0. The molecule has 0 aromatic carbocycles. The number of thiazole rings is 1. The number of H-pyrrole nitrogens is 1. The SMILES string of the molecule is Cc1nc(C)c(-c2nnc(SCc3nc4ccsc4c(=O)[nH]3)o2)s1. The van der Waals surface area contributed by atoms with Gasteiger partial charge in [-0.2, -0.15) is 0 Å². The molecule has 0 unspecified atom stereocenters. The highest BCUT2D eigenvalue weighted by atomic mass is 32.2. The maximum Gasteiger partial charge on any atom is 0.277 e. The molecule has 0 aliphatic heterocycles. The van der Waals surface area contributed by atoms with Crippen LogP contribution in [0.3, 0.4) is 0 Å². The van der Waals surface area contributed by atoms with Crippen molar-refractivity contribution in [1.29, 1.82) is 0 Å². The normalized spacial score (nSPS) is 11.4. The first-order valence-electron chi connectivity index (χ1n) is 6.97. The minimum Gasteiger partial charge on any atom is -0.410 e. The van der Waals surface area contributed by atoms with Gasteiger partial charge in [0.2, 0.25) is 0 Å². The number of rotatable bonds is 4. The molecular weight excluding hydrogens is 366 g/mol. The van der Waals surface area contributed by atoms with Gasteiger partial charge in [-0.15, -0.1) is 32.9 Å². The summed E-state index contributed by atoms with van der Waals surface area (Å²) in [6.45, 7) is 3.86. The topological polar surface area (TPSA) is 97.6 Å². The van der Waals surface area contributed by atoms with Crippen LogP contribution in [0.15, 0.2) is 25.9 Å². The van der Waals surface area contributed by atoms with Crippen molar-refractivity contribution in [2.24, 2.45) is 0 Å². The molecule has 0 saturated carbocycles. The zero-order valence-electron chi connectivity index (χ0n) is 12.7. The summed E-state index contributed by atoms with van der Waals surface area (Å²) in [4.78, 5) is 24.4. The lowest BCUT2D eigenvalue weighted by Crippen LogP contribution is -2.09. The second-order valence-electron chi connectivity index (χ2n) is 4.96. The van der Waals surface area contributed by atoms with Gasteiger partial charge < -0.3 is 9.40 Å². The van der Waals surface area contributed by atoms with Gasteiger partial charge in [-0.05, 0) is 25.3 Å². The lowest BCUT2D eigenvalue weighted by atomic mass is 10.4. The average Bonchev–Trinajstić information content (AvgIpc) is 3.25. The number of aromatic amines is 1. The van der Waals surface area contributed by atoms with Crippen LogP contribution in [0.5, 0.6) is 0 Å². The summed E-state index contributed by atoms with van der Waals surface area (Å²) in [5.41, 5.74) is 1.47. The van der Waals surface area contributed by atoms with Crippen LogP contribution in [0.4, 0.5) is 0 Å². The summed E-state index contributed by atoms with van der Waals surface area (Å²) in [5.74, 6) is 1.50. The van der Waals surface area contributed by atoms with Gasteiger partial charge in [-0.3, -0.25) is 4.79 Å². The molecule has 0 spiro atoms. The molecule has 4 rings (SSSR count). The Balaban J connectivity index is 1.53. The predicted molar refractivity (Wildman–Crippen MR) is 94.7 cm³/mol. The third-order valence-corrected chi connectivity index (χ3v) is 5.99. The van der Waals surface area contributed by atoms with E-state index in [1.807, 2.05) is 25.3 Å². The molecular formula is C14H11N5O2S3. The Kier molecular flexibility index (Phi) is 3.94. The number of fused-ring (bicyclic) bond motifs is 1. The molecule has 24 heavy (non-hydrogen) atoms. The third kappa shape index (κ3) is 2.87. The van der Waals surface area contributed by atoms with Gasteiger partial charge in [0, 0.05) is 0 Å². The fraction of sp³-hybridized carbons (Fsp3) is 0.214. The Morgan fingerprint density at radius 2 is 2.17 bits per heavy atom. The van der Waals surface area contributed by atoms with Crippen LogP contribution >= 0.6 is 34.4 Å². The Morgan fingerprint density at radius 3 is 2.96 bits per heavy atom. The predicted octanol–water partition coefficient (Wildman–Crippen LogP) is 3.40. The quantitative estimate of drug-likeness (QED) is 0.544.